The Labute approximate surface area is 201 Å². The number of carbonyl (C=O) groups excluding carboxylic acids is 2. The van der Waals surface area contributed by atoms with Gasteiger partial charge in [0.15, 0.2) is 5.13 Å². The number of fused-ring (bicyclic) bond motifs is 1. The third kappa shape index (κ3) is 4.94. The number of aryl methyl sites for hydroxylation is 1. The summed E-state index contributed by atoms with van der Waals surface area (Å²) in [5.74, 6) is 0.168. The Morgan fingerprint density at radius 1 is 1.24 bits per heavy atom. The molecule has 1 fully saturated rings. The highest BCUT2D eigenvalue weighted by Gasteiger charge is 2.29. The fraction of sp³-hybridized carbons (Fsp3) is 0.280. The Hall–Kier alpha value is -3.72. The molecule has 4 heterocycles. The number of hydrogen-bond donors (Lipinski definition) is 1. The first-order chi connectivity index (χ1) is 16.5. The van der Waals surface area contributed by atoms with Crippen molar-refractivity contribution in [1.29, 1.82) is 0 Å². The molecule has 0 bridgehead atoms. The summed E-state index contributed by atoms with van der Waals surface area (Å²) in [6.45, 7) is 3.37. The number of likely N-dealkylation sites (tertiary alicyclic amines) is 1. The van der Waals surface area contributed by atoms with Crippen molar-refractivity contribution in [3.8, 4) is 5.75 Å². The van der Waals surface area contributed by atoms with E-state index in [2.05, 4.69) is 15.3 Å². The molecule has 9 heteroatoms. The monoisotopic (exact) mass is 475 g/mol. The first kappa shape index (κ1) is 22.1. The minimum Gasteiger partial charge on any atom is -0.487 e. The van der Waals surface area contributed by atoms with Gasteiger partial charge in [0.05, 0.1) is 11.6 Å². The molecule has 1 aliphatic heterocycles. The van der Waals surface area contributed by atoms with Crippen LogP contribution in [0.3, 0.4) is 0 Å². The second-order valence-corrected chi connectivity index (χ2v) is 9.33. The van der Waals surface area contributed by atoms with E-state index in [9.17, 15) is 9.59 Å². The van der Waals surface area contributed by atoms with Crippen LogP contribution in [0.4, 0.5) is 5.13 Å². The predicted molar refractivity (Wildman–Crippen MR) is 130 cm³/mol. The van der Waals surface area contributed by atoms with E-state index >= 15 is 0 Å². The lowest BCUT2D eigenvalue weighted by Gasteiger charge is -2.32. The summed E-state index contributed by atoms with van der Waals surface area (Å²) in [4.78, 5) is 36.2. The normalized spacial score (nSPS) is 15.9. The van der Waals surface area contributed by atoms with E-state index in [1.165, 1.54) is 11.3 Å². The van der Waals surface area contributed by atoms with Gasteiger partial charge in [-0.1, -0.05) is 12.1 Å². The topological polar surface area (TPSA) is 88.8 Å². The lowest BCUT2D eigenvalue weighted by molar-refractivity contribution is -0.121. The van der Waals surface area contributed by atoms with Crippen molar-refractivity contribution >= 4 is 33.9 Å². The van der Waals surface area contributed by atoms with Crippen LogP contribution in [0.5, 0.6) is 5.75 Å². The van der Waals surface area contributed by atoms with Crippen LogP contribution >= 0.6 is 11.3 Å². The number of nitrogens with zero attached hydrogens (tertiary/aromatic N) is 4. The van der Waals surface area contributed by atoms with E-state index < -0.39 is 0 Å². The summed E-state index contributed by atoms with van der Waals surface area (Å²) in [5.41, 5.74) is 3.38. The van der Waals surface area contributed by atoms with Gasteiger partial charge in [0.1, 0.15) is 18.0 Å². The maximum Gasteiger partial charge on any atom is 0.254 e. The molecule has 0 radical (unpaired) electrons. The summed E-state index contributed by atoms with van der Waals surface area (Å²) in [7, 11) is 0. The fourth-order valence-electron chi connectivity index (χ4n) is 4.15. The Morgan fingerprint density at radius 3 is 3.00 bits per heavy atom. The highest BCUT2D eigenvalue weighted by Crippen LogP contribution is 2.23. The average Bonchev–Trinajstić information content (AvgIpc) is 3.51. The predicted octanol–water partition coefficient (Wildman–Crippen LogP) is 4.17. The first-order valence-electron chi connectivity index (χ1n) is 11.2. The van der Waals surface area contributed by atoms with Crippen LogP contribution in [-0.2, 0) is 11.4 Å². The minimum atomic E-state index is -0.250. The largest absolute Gasteiger partial charge is 0.487 e. The van der Waals surface area contributed by atoms with Crippen LogP contribution in [0.15, 0.2) is 60.4 Å². The number of anilines is 1. The number of hydrogen-bond acceptors (Lipinski definition) is 6. The van der Waals surface area contributed by atoms with Crippen LogP contribution < -0.4 is 10.1 Å². The third-order valence-corrected chi connectivity index (χ3v) is 6.55. The molecular formula is C25H25N5O3S. The van der Waals surface area contributed by atoms with Gasteiger partial charge in [0.2, 0.25) is 5.91 Å². The minimum absolute atomic E-state index is 0.0906. The molecule has 1 N–H and O–H groups in total. The summed E-state index contributed by atoms with van der Waals surface area (Å²) in [6.07, 6.45) is 7.16. The third-order valence-electron chi connectivity index (χ3n) is 5.86. The first-order valence-corrected chi connectivity index (χ1v) is 12.1. The number of imidazole rings is 1. The molecule has 1 atom stereocenters. The zero-order valence-corrected chi connectivity index (χ0v) is 19.6. The number of piperidine rings is 1. The molecule has 4 aromatic rings. The van der Waals surface area contributed by atoms with Crippen molar-refractivity contribution in [1.82, 2.24) is 19.3 Å². The standard InChI is InChI=1S/C25H25N5O3S/c1-17-7-8-22-27-20(15-30(22)13-17)16-33-21-6-2-4-18(12-21)24(32)29-10-3-5-19(14-29)23(31)28-25-26-9-11-34-25/h2,4,6-9,11-13,15,19H,3,5,10,14,16H2,1H3,(H,26,28,31). The highest BCUT2D eigenvalue weighted by molar-refractivity contribution is 7.13. The Bertz CT molecular complexity index is 1320. The van der Waals surface area contributed by atoms with Gasteiger partial charge in [0.25, 0.3) is 5.91 Å². The van der Waals surface area contributed by atoms with Gasteiger partial charge in [-0.25, -0.2) is 9.97 Å². The maximum absolute atomic E-state index is 13.2. The van der Waals surface area contributed by atoms with Gasteiger partial charge in [0, 0.05) is 42.6 Å². The van der Waals surface area contributed by atoms with Gasteiger partial charge in [-0.3, -0.25) is 9.59 Å². The van der Waals surface area contributed by atoms with Gasteiger partial charge in [-0.15, -0.1) is 11.3 Å². The lowest BCUT2D eigenvalue weighted by Crippen LogP contribution is -2.43. The number of benzene rings is 1. The van der Waals surface area contributed by atoms with E-state index in [-0.39, 0.29) is 17.7 Å². The summed E-state index contributed by atoms with van der Waals surface area (Å²) < 4.78 is 7.91. The molecule has 1 aromatic carbocycles. The van der Waals surface area contributed by atoms with E-state index in [1.807, 2.05) is 53.4 Å². The zero-order valence-electron chi connectivity index (χ0n) is 18.8. The zero-order chi connectivity index (χ0) is 23.5. The molecule has 1 saturated heterocycles. The molecular weight excluding hydrogens is 450 g/mol. The Balaban J connectivity index is 1.22. The van der Waals surface area contributed by atoms with Crippen molar-refractivity contribution in [2.24, 2.45) is 5.92 Å². The van der Waals surface area contributed by atoms with E-state index in [4.69, 9.17) is 4.74 Å². The second-order valence-electron chi connectivity index (χ2n) is 8.44. The Morgan fingerprint density at radius 2 is 2.15 bits per heavy atom. The average molecular weight is 476 g/mol. The number of amides is 2. The molecule has 5 rings (SSSR count). The molecule has 8 nitrogen and oxygen atoms in total. The second kappa shape index (κ2) is 9.64. The van der Waals surface area contributed by atoms with E-state index in [0.29, 0.717) is 36.1 Å². The van der Waals surface area contributed by atoms with Gasteiger partial charge in [-0.05, 0) is 49.6 Å². The maximum atomic E-state index is 13.2. The number of carbonyl (C=O) groups is 2. The summed E-state index contributed by atoms with van der Waals surface area (Å²) >= 11 is 1.38. The van der Waals surface area contributed by atoms with Crippen LogP contribution in [0, 0.1) is 12.8 Å². The number of aromatic nitrogens is 3. The van der Waals surface area contributed by atoms with Crippen LogP contribution in [0.25, 0.3) is 5.65 Å². The summed E-state index contributed by atoms with van der Waals surface area (Å²) in [6, 6.07) is 11.2. The fourth-order valence-corrected chi connectivity index (χ4v) is 4.68. The molecule has 174 valence electrons. The van der Waals surface area contributed by atoms with Crippen LogP contribution in [0.1, 0.15) is 34.5 Å². The van der Waals surface area contributed by atoms with Crippen molar-refractivity contribution in [3.63, 3.8) is 0 Å². The number of thiazole rings is 1. The number of nitrogens with one attached hydrogen (secondary N) is 1. The van der Waals surface area contributed by atoms with Crippen LogP contribution in [-0.4, -0.2) is 44.2 Å². The quantitative estimate of drug-likeness (QED) is 0.452. The molecule has 3 aromatic heterocycles. The van der Waals surface area contributed by atoms with Gasteiger partial charge < -0.3 is 19.4 Å². The smallest absolute Gasteiger partial charge is 0.254 e. The highest BCUT2D eigenvalue weighted by atomic mass is 32.1. The molecule has 1 aliphatic rings. The van der Waals surface area contributed by atoms with Crippen molar-refractivity contribution < 1.29 is 14.3 Å². The van der Waals surface area contributed by atoms with Crippen molar-refractivity contribution in [3.05, 3.63) is 77.2 Å². The summed E-state index contributed by atoms with van der Waals surface area (Å²) in [5, 5.41) is 5.25. The SMILES string of the molecule is Cc1ccc2nc(COc3cccc(C(=O)N4CCCC(C(=O)Nc5nccs5)C4)c3)cn2c1. The molecule has 2 amide bonds. The molecule has 0 spiro atoms. The lowest BCUT2D eigenvalue weighted by atomic mass is 9.96. The van der Waals surface area contributed by atoms with E-state index in [0.717, 1.165) is 29.7 Å². The van der Waals surface area contributed by atoms with Gasteiger partial charge >= 0.3 is 0 Å². The van der Waals surface area contributed by atoms with Crippen LogP contribution in [0.2, 0.25) is 0 Å². The Kier molecular flexibility index (Phi) is 6.27. The number of ether oxygens (including phenoxy) is 1. The number of pyridine rings is 1. The van der Waals surface area contributed by atoms with E-state index in [1.54, 1.807) is 23.2 Å². The molecule has 0 saturated carbocycles. The van der Waals surface area contributed by atoms with Crippen molar-refractivity contribution in [2.75, 3.05) is 18.4 Å². The number of rotatable bonds is 6. The van der Waals surface area contributed by atoms with Crippen molar-refractivity contribution in [2.45, 2.75) is 26.4 Å². The van der Waals surface area contributed by atoms with Gasteiger partial charge in [-0.2, -0.15) is 0 Å². The molecule has 0 aliphatic carbocycles. The molecule has 34 heavy (non-hydrogen) atoms. The molecule has 1 unspecified atom stereocenters.